The molecule has 186 valence electrons. The average molecular weight is 495 g/mol. The quantitative estimate of drug-likeness (QED) is 0.309. The van der Waals surface area contributed by atoms with E-state index in [1.54, 1.807) is 18.3 Å². The predicted octanol–water partition coefficient (Wildman–Crippen LogP) is 2.86. The third-order valence-electron chi connectivity index (χ3n) is 6.40. The average Bonchev–Trinajstić information content (AvgIpc) is 3.45. The number of carbonyl (C=O) groups excluding carboxylic acids is 2. The van der Waals surface area contributed by atoms with E-state index in [0.717, 1.165) is 6.07 Å². The van der Waals surface area contributed by atoms with Crippen molar-refractivity contribution in [2.75, 3.05) is 12.8 Å². The van der Waals surface area contributed by atoms with Crippen LogP contribution in [0.5, 0.6) is 5.75 Å². The largest absolute Gasteiger partial charge is 0.496 e. The lowest BCUT2D eigenvalue weighted by molar-refractivity contribution is 0.0946. The molecular formula is C24H23F2N7O3. The Labute approximate surface area is 203 Å². The maximum absolute atomic E-state index is 13.7. The fourth-order valence-corrected chi connectivity index (χ4v) is 4.45. The second-order valence-corrected chi connectivity index (χ2v) is 8.60. The van der Waals surface area contributed by atoms with Gasteiger partial charge >= 0.3 is 0 Å². The van der Waals surface area contributed by atoms with Gasteiger partial charge in [-0.25, -0.2) is 13.5 Å². The minimum absolute atomic E-state index is 0.0547. The molecule has 2 amide bonds. The van der Waals surface area contributed by atoms with E-state index in [9.17, 15) is 18.4 Å². The fraction of sp³-hybridized carbons (Fsp3) is 0.250. The molecule has 2 aromatic heterocycles. The van der Waals surface area contributed by atoms with Crippen LogP contribution in [0.15, 0.2) is 36.5 Å². The molecule has 4 aromatic rings. The maximum atomic E-state index is 13.7. The molecule has 0 saturated heterocycles. The van der Waals surface area contributed by atoms with E-state index in [1.807, 2.05) is 0 Å². The molecule has 6 N–H and O–H groups in total. The number of nitrogen functional groups attached to an aromatic ring is 1. The van der Waals surface area contributed by atoms with Crippen LogP contribution in [0.4, 0.5) is 14.6 Å². The first-order valence-electron chi connectivity index (χ1n) is 11.2. The lowest BCUT2D eigenvalue weighted by Gasteiger charge is -2.30. The van der Waals surface area contributed by atoms with Gasteiger partial charge in [0.2, 0.25) is 0 Å². The number of hydrogen-bond acceptors (Lipinski definition) is 6. The van der Waals surface area contributed by atoms with Gasteiger partial charge in [-0.15, -0.1) is 0 Å². The molecule has 1 fully saturated rings. The van der Waals surface area contributed by atoms with Gasteiger partial charge in [-0.3, -0.25) is 14.7 Å². The number of anilines is 1. The topological polar surface area (TPSA) is 154 Å². The number of fused-ring (bicyclic) bond motifs is 1. The van der Waals surface area contributed by atoms with E-state index in [4.69, 9.17) is 16.2 Å². The Morgan fingerprint density at radius 3 is 2.75 bits per heavy atom. The van der Waals surface area contributed by atoms with Crippen molar-refractivity contribution in [3.8, 4) is 17.0 Å². The van der Waals surface area contributed by atoms with Gasteiger partial charge in [0.1, 0.15) is 34.8 Å². The first-order chi connectivity index (χ1) is 17.3. The number of methoxy groups -OCH3 is 1. The fourth-order valence-electron chi connectivity index (χ4n) is 4.45. The van der Waals surface area contributed by atoms with Crippen molar-refractivity contribution in [1.29, 1.82) is 0 Å². The lowest BCUT2D eigenvalue weighted by atomic mass is 9.91. The summed E-state index contributed by atoms with van der Waals surface area (Å²) >= 11 is 0. The summed E-state index contributed by atoms with van der Waals surface area (Å²) < 4.78 is 33.7. The third-order valence-corrected chi connectivity index (χ3v) is 6.40. The first-order valence-corrected chi connectivity index (χ1v) is 11.2. The Morgan fingerprint density at radius 1 is 1.28 bits per heavy atom. The van der Waals surface area contributed by atoms with E-state index in [2.05, 4.69) is 20.6 Å². The van der Waals surface area contributed by atoms with E-state index >= 15 is 0 Å². The summed E-state index contributed by atoms with van der Waals surface area (Å²) in [6.07, 6.45) is 1.16. The van der Waals surface area contributed by atoms with E-state index < -0.39 is 23.8 Å². The van der Waals surface area contributed by atoms with Crippen molar-refractivity contribution in [1.82, 2.24) is 25.3 Å². The number of hydrogen-bond donors (Lipinski definition) is 4. The van der Waals surface area contributed by atoms with Crippen molar-refractivity contribution in [3.63, 3.8) is 0 Å². The minimum atomic E-state index is -0.929. The van der Waals surface area contributed by atoms with Crippen molar-refractivity contribution >= 4 is 28.5 Å². The SMILES string of the molecule is COc1ccc(F)cc1C(=O)NCc1ccc(-c2nn(C3CC(F)C3)c(N)c2C(N)=O)c2cn[nH]c12. The summed E-state index contributed by atoms with van der Waals surface area (Å²) in [7, 11) is 1.40. The Bertz CT molecular complexity index is 1490. The number of aromatic nitrogens is 4. The molecule has 0 atom stereocenters. The second-order valence-electron chi connectivity index (χ2n) is 8.60. The van der Waals surface area contributed by atoms with Crippen LogP contribution in [-0.4, -0.2) is 45.1 Å². The Morgan fingerprint density at radius 2 is 2.06 bits per heavy atom. The summed E-state index contributed by atoms with van der Waals surface area (Å²) in [5.74, 6) is -1.49. The number of benzene rings is 2. The number of carbonyl (C=O) groups is 2. The zero-order chi connectivity index (χ0) is 25.6. The zero-order valence-electron chi connectivity index (χ0n) is 19.2. The molecule has 0 spiro atoms. The number of ether oxygens (including phenoxy) is 1. The van der Waals surface area contributed by atoms with Crippen LogP contribution in [0.25, 0.3) is 22.2 Å². The lowest BCUT2D eigenvalue weighted by Crippen LogP contribution is -2.29. The number of halogens is 2. The van der Waals surface area contributed by atoms with Crippen LogP contribution in [-0.2, 0) is 6.54 Å². The Hall–Kier alpha value is -4.48. The van der Waals surface area contributed by atoms with Gasteiger partial charge in [-0.05, 0) is 23.8 Å². The Kier molecular flexibility index (Phi) is 5.78. The van der Waals surface area contributed by atoms with Gasteiger partial charge in [0.25, 0.3) is 11.8 Å². The number of alkyl halides is 1. The highest BCUT2D eigenvalue weighted by Gasteiger charge is 2.35. The van der Waals surface area contributed by atoms with Crippen LogP contribution in [0, 0.1) is 5.82 Å². The van der Waals surface area contributed by atoms with Gasteiger partial charge in [0, 0.05) is 30.3 Å². The summed E-state index contributed by atoms with van der Waals surface area (Å²) in [5.41, 5.74) is 14.0. The van der Waals surface area contributed by atoms with E-state index in [0.29, 0.717) is 22.0 Å². The minimum Gasteiger partial charge on any atom is -0.496 e. The van der Waals surface area contributed by atoms with Crippen molar-refractivity contribution < 1.29 is 23.1 Å². The van der Waals surface area contributed by atoms with E-state index in [-0.39, 0.29) is 53.8 Å². The second kappa shape index (κ2) is 8.95. The maximum Gasteiger partial charge on any atom is 0.255 e. The number of amides is 2. The highest BCUT2D eigenvalue weighted by atomic mass is 19.1. The normalized spacial score (nSPS) is 17.1. The standard InChI is InChI=1S/C24H23F2N7O3/c1-36-18-5-3-12(25)8-16(18)24(35)29-9-11-2-4-15(17-10-30-31-20(11)17)21-19(23(28)34)22(27)33(32-21)14-6-13(26)7-14/h2-5,8,10,13-14H,6-7,9,27H2,1H3,(H2,28,34)(H,29,35)(H,30,31). The monoisotopic (exact) mass is 495 g/mol. The van der Waals surface area contributed by atoms with Gasteiger partial charge in [0.05, 0.1) is 30.4 Å². The molecule has 0 radical (unpaired) electrons. The molecule has 1 aliphatic carbocycles. The molecule has 2 aromatic carbocycles. The highest BCUT2D eigenvalue weighted by molar-refractivity contribution is 6.07. The first kappa shape index (κ1) is 23.3. The number of nitrogens with one attached hydrogen (secondary N) is 2. The Balaban J connectivity index is 1.47. The van der Waals surface area contributed by atoms with Crippen LogP contribution < -0.4 is 21.5 Å². The molecule has 12 heteroatoms. The number of nitrogens with zero attached hydrogens (tertiary/aromatic N) is 3. The summed E-state index contributed by atoms with van der Waals surface area (Å²) in [5, 5.41) is 14.9. The molecule has 2 heterocycles. The highest BCUT2D eigenvalue weighted by Crippen LogP contribution is 2.40. The number of rotatable bonds is 7. The van der Waals surface area contributed by atoms with Gasteiger partial charge in [-0.1, -0.05) is 12.1 Å². The third kappa shape index (κ3) is 3.89. The molecular weight excluding hydrogens is 472 g/mol. The number of H-pyrrole nitrogens is 1. The zero-order valence-corrected chi connectivity index (χ0v) is 19.2. The van der Waals surface area contributed by atoms with Gasteiger partial charge in [0.15, 0.2) is 0 Å². The molecule has 5 rings (SSSR count). The van der Waals surface area contributed by atoms with Crippen LogP contribution in [0.3, 0.4) is 0 Å². The molecule has 0 aliphatic heterocycles. The van der Waals surface area contributed by atoms with Crippen LogP contribution in [0.2, 0.25) is 0 Å². The molecule has 10 nitrogen and oxygen atoms in total. The molecule has 1 aliphatic rings. The summed E-state index contributed by atoms with van der Waals surface area (Å²) in [6, 6.07) is 6.89. The molecule has 0 bridgehead atoms. The van der Waals surface area contributed by atoms with Crippen molar-refractivity contribution in [2.24, 2.45) is 5.73 Å². The predicted molar refractivity (Wildman–Crippen MR) is 128 cm³/mol. The number of nitrogens with two attached hydrogens (primary N) is 2. The van der Waals surface area contributed by atoms with Crippen LogP contribution >= 0.6 is 0 Å². The summed E-state index contributed by atoms with van der Waals surface area (Å²) in [6.45, 7) is 0.0939. The number of aromatic amines is 1. The van der Waals surface area contributed by atoms with E-state index in [1.165, 1.54) is 23.9 Å². The van der Waals surface area contributed by atoms with Crippen molar-refractivity contribution in [3.05, 3.63) is 59.0 Å². The molecule has 1 saturated carbocycles. The summed E-state index contributed by atoms with van der Waals surface area (Å²) in [4.78, 5) is 25.0. The van der Waals surface area contributed by atoms with Crippen molar-refractivity contribution in [2.45, 2.75) is 31.6 Å². The molecule has 0 unspecified atom stereocenters. The van der Waals surface area contributed by atoms with Crippen LogP contribution in [0.1, 0.15) is 45.2 Å². The van der Waals surface area contributed by atoms with Gasteiger partial charge < -0.3 is 21.5 Å². The smallest absolute Gasteiger partial charge is 0.255 e. The van der Waals surface area contributed by atoms with Gasteiger partial charge in [-0.2, -0.15) is 10.2 Å². The number of primary amides is 1. The molecule has 36 heavy (non-hydrogen) atoms.